The summed E-state index contributed by atoms with van der Waals surface area (Å²) in [5.41, 5.74) is 3.16. The van der Waals surface area contributed by atoms with E-state index in [4.69, 9.17) is 9.47 Å². The smallest absolute Gasteiger partial charge is 0.337 e. The Balaban J connectivity index is 1.72. The van der Waals surface area contributed by atoms with E-state index in [0.29, 0.717) is 23.3 Å². The second-order valence-electron chi connectivity index (χ2n) is 8.11. The quantitative estimate of drug-likeness (QED) is 0.544. The zero-order valence-corrected chi connectivity index (χ0v) is 19.0. The highest BCUT2D eigenvalue weighted by Crippen LogP contribution is 2.46. The highest BCUT2D eigenvalue weighted by Gasteiger charge is 2.47. The maximum Gasteiger partial charge on any atom is 0.337 e. The molecule has 166 valence electrons. The molecule has 32 heavy (non-hydrogen) atoms. The second-order valence-corrected chi connectivity index (χ2v) is 9.09. The van der Waals surface area contributed by atoms with E-state index in [1.165, 1.54) is 18.4 Å². The predicted octanol–water partition coefficient (Wildman–Crippen LogP) is 4.10. The van der Waals surface area contributed by atoms with Gasteiger partial charge in [0, 0.05) is 21.8 Å². The molecule has 1 aliphatic heterocycles. The Kier molecular flexibility index (Phi) is 6.28. The molecular formula is C25H25NO5S. The molecule has 6 nitrogen and oxygen atoms in total. The lowest BCUT2D eigenvalue weighted by Crippen LogP contribution is -2.43. The van der Waals surface area contributed by atoms with Gasteiger partial charge >= 0.3 is 11.9 Å². The zero-order chi connectivity index (χ0) is 22.8. The van der Waals surface area contributed by atoms with Crippen molar-refractivity contribution in [2.75, 3.05) is 7.11 Å². The molecule has 0 spiro atoms. The van der Waals surface area contributed by atoms with Crippen LogP contribution in [0.5, 0.6) is 0 Å². The molecule has 0 radical (unpaired) electrons. The van der Waals surface area contributed by atoms with E-state index in [1.807, 2.05) is 61.7 Å². The summed E-state index contributed by atoms with van der Waals surface area (Å²) in [4.78, 5) is 40.1. The molecule has 2 heterocycles. The van der Waals surface area contributed by atoms with Crippen LogP contribution in [0.1, 0.15) is 36.6 Å². The molecule has 0 bridgehead atoms. The second kappa shape index (κ2) is 9.12. The number of carbonyl (C=O) groups excluding carboxylic acids is 3. The maximum atomic E-state index is 13.6. The van der Waals surface area contributed by atoms with Crippen LogP contribution in [-0.2, 0) is 30.5 Å². The lowest BCUT2D eigenvalue weighted by atomic mass is 9.70. The van der Waals surface area contributed by atoms with Gasteiger partial charge in [-0.05, 0) is 36.3 Å². The van der Waals surface area contributed by atoms with E-state index in [2.05, 4.69) is 5.32 Å². The monoisotopic (exact) mass is 451 g/mol. The van der Waals surface area contributed by atoms with Gasteiger partial charge in [0.1, 0.15) is 12.5 Å². The molecule has 0 amide bonds. The summed E-state index contributed by atoms with van der Waals surface area (Å²) < 4.78 is 10.6. The molecule has 0 saturated heterocycles. The van der Waals surface area contributed by atoms with Crippen LogP contribution in [0.25, 0.3) is 0 Å². The van der Waals surface area contributed by atoms with Crippen molar-refractivity contribution in [2.24, 2.45) is 11.8 Å². The maximum absolute atomic E-state index is 13.6. The highest BCUT2D eigenvalue weighted by atomic mass is 32.1. The summed E-state index contributed by atoms with van der Waals surface area (Å²) in [5, 5.41) is 5.18. The number of dihydropyridines is 1. The number of hydrogen-bond donors (Lipinski definition) is 1. The van der Waals surface area contributed by atoms with Gasteiger partial charge in [0.2, 0.25) is 0 Å². The van der Waals surface area contributed by atoms with Gasteiger partial charge in [0.05, 0.1) is 18.6 Å². The van der Waals surface area contributed by atoms with Crippen LogP contribution in [0.2, 0.25) is 0 Å². The van der Waals surface area contributed by atoms with Crippen LogP contribution >= 0.6 is 11.3 Å². The third-order valence-electron chi connectivity index (χ3n) is 6.00. The number of Topliss-reactive ketones (excluding diaryl/α,β-unsaturated/α-hetero) is 1. The summed E-state index contributed by atoms with van der Waals surface area (Å²) in [6.45, 7) is 3.83. The van der Waals surface area contributed by atoms with Gasteiger partial charge in [0.15, 0.2) is 5.78 Å². The Labute approximate surface area is 190 Å². The van der Waals surface area contributed by atoms with Crippen molar-refractivity contribution in [1.82, 2.24) is 5.32 Å². The van der Waals surface area contributed by atoms with Crippen LogP contribution in [0.15, 0.2) is 70.4 Å². The number of rotatable bonds is 5. The van der Waals surface area contributed by atoms with Crippen LogP contribution in [0, 0.1) is 11.8 Å². The van der Waals surface area contributed by atoms with Gasteiger partial charge in [-0.1, -0.05) is 43.3 Å². The minimum atomic E-state index is -0.886. The molecule has 1 aromatic carbocycles. The van der Waals surface area contributed by atoms with Gasteiger partial charge in [-0.2, -0.15) is 0 Å². The Morgan fingerprint density at radius 2 is 1.91 bits per heavy atom. The van der Waals surface area contributed by atoms with Crippen molar-refractivity contribution in [3.8, 4) is 0 Å². The normalized spacial score (nSPS) is 22.8. The van der Waals surface area contributed by atoms with E-state index >= 15 is 0 Å². The Hall–Kier alpha value is -3.19. The number of nitrogens with one attached hydrogen (secondary N) is 1. The van der Waals surface area contributed by atoms with E-state index in [9.17, 15) is 14.4 Å². The number of methoxy groups -OCH3 is 1. The van der Waals surface area contributed by atoms with Crippen LogP contribution in [-0.4, -0.2) is 24.8 Å². The first-order valence-electron chi connectivity index (χ1n) is 10.5. The van der Waals surface area contributed by atoms with Crippen molar-refractivity contribution in [3.05, 3.63) is 80.8 Å². The standard InChI is InChI=1S/C25H25NO5S/c1-14-12-17-21(23(27)19(14)24(28)30-3)22(18-10-7-11-32-18)20(15(2)26-17)25(29)31-13-16-8-5-4-6-9-16/h4-11,14,19,22,26H,12-13H2,1-3H3/t14-,19+,22-/m0/s1. The van der Waals surface area contributed by atoms with E-state index in [0.717, 1.165) is 16.1 Å². The number of esters is 2. The molecule has 0 saturated carbocycles. The average molecular weight is 452 g/mol. The van der Waals surface area contributed by atoms with Crippen LogP contribution in [0.3, 0.4) is 0 Å². The highest BCUT2D eigenvalue weighted by molar-refractivity contribution is 7.10. The Morgan fingerprint density at radius 1 is 1.16 bits per heavy atom. The molecule has 0 unspecified atom stereocenters. The number of hydrogen-bond acceptors (Lipinski definition) is 7. The number of ether oxygens (including phenoxy) is 2. The van der Waals surface area contributed by atoms with Crippen molar-refractivity contribution in [3.63, 3.8) is 0 Å². The third-order valence-corrected chi connectivity index (χ3v) is 6.94. The lowest BCUT2D eigenvalue weighted by molar-refractivity contribution is -0.151. The molecular weight excluding hydrogens is 426 g/mol. The SMILES string of the molecule is COC(=O)[C@H]1C(=O)C2=C(C[C@@H]1C)NC(C)=C(C(=O)OCc1ccccc1)[C@@H]2c1cccs1. The average Bonchev–Trinajstić information content (AvgIpc) is 3.31. The number of allylic oxidation sites excluding steroid dienone is 3. The molecule has 1 aromatic heterocycles. The molecule has 4 rings (SSSR count). The fourth-order valence-electron chi connectivity index (χ4n) is 4.49. The predicted molar refractivity (Wildman–Crippen MR) is 120 cm³/mol. The topological polar surface area (TPSA) is 81.7 Å². The van der Waals surface area contributed by atoms with Crippen LogP contribution in [0.4, 0.5) is 0 Å². The van der Waals surface area contributed by atoms with E-state index in [1.54, 1.807) is 0 Å². The van der Waals surface area contributed by atoms with Gasteiger partial charge in [-0.15, -0.1) is 11.3 Å². The number of carbonyl (C=O) groups is 3. The lowest BCUT2D eigenvalue weighted by Gasteiger charge is -2.37. The zero-order valence-electron chi connectivity index (χ0n) is 18.2. The molecule has 1 N–H and O–H groups in total. The minimum Gasteiger partial charge on any atom is -0.468 e. The Morgan fingerprint density at radius 3 is 2.56 bits per heavy atom. The first kappa shape index (κ1) is 22.0. The van der Waals surface area contributed by atoms with Gasteiger partial charge in [-0.25, -0.2) is 4.79 Å². The van der Waals surface area contributed by atoms with E-state index < -0.39 is 23.8 Å². The Bertz CT molecular complexity index is 1100. The molecule has 7 heteroatoms. The van der Waals surface area contributed by atoms with E-state index in [-0.39, 0.29) is 18.3 Å². The van der Waals surface area contributed by atoms with Crippen LogP contribution < -0.4 is 5.32 Å². The van der Waals surface area contributed by atoms with Gasteiger partial charge in [-0.3, -0.25) is 9.59 Å². The largest absolute Gasteiger partial charge is 0.468 e. The fraction of sp³-hybridized carbons (Fsp3) is 0.320. The number of benzene rings is 1. The molecule has 1 aliphatic carbocycles. The summed E-state index contributed by atoms with van der Waals surface area (Å²) in [6.07, 6.45) is 0.520. The first-order valence-corrected chi connectivity index (χ1v) is 11.4. The van der Waals surface area contributed by atoms with Crippen molar-refractivity contribution < 1.29 is 23.9 Å². The molecule has 2 aromatic rings. The molecule has 0 fully saturated rings. The third kappa shape index (κ3) is 4.00. The fourth-order valence-corrected chi connectivity index (χ4v) is 5.34. The van der Waals surface area contributed by atoms with Crippen molar-refractivity contribution in [2.45, 2.75) is 32.8 Å². The molecule has 2 aliphatic rings. The number of ketones is 1. The summed E-state index contributed by atoms with van der Waals surface area (Å²) in [5.74, 6) is -2.99. The van der Waals surface area contributed by atoms with Gasteiger partial charge in [0.25, 0.3) is 0 Å². The van der Waals surface area contributed by atoms with Gasteiger partial charge < -0.3 is 14.8 Å². The van der Waals surface area contributed by atoms with Crippen molar-refractivity contribution in [1.29, 1.82) is 0 Å². The minimum absolute atomic E-state index is 0.134. The number of thiophene rings is 1. The first-order chi connectivity index (χ1) is 15.4. The summed E-state index contributed by atoms with van der Waals surface area (Å²) in [7, 11) is 1.29. The van der Waals surface area contributed by atoms with Crippen molar-refractivity contribution >= 4 is 29.1 Å². The summed E-state index contributed by atoms with van der Waals surface area (Å²) in [6, 6.07) is 13.2. The molecule has 3 atom stereocenters. The summed E-state index contributed by atoms with van der Waals surface area (Å²) >= 11 is 1.47.